The maximum Gasteiger partial charge on any atom is 0.187 e. The summed E-state index contributed by atoms with van der Waals surface area (Å²) in [6, 6.07) is 9.62. The Kier molecular flexibility index (Phi) is 5.86. The first-order valence-electron chi connectivity index (χ1n) is 6.77. The number of aliphatic hydroxyl groups excluding tert-OH is 4. The molecule has 0 spiro atoms. The van der Waals surface area contributed by atoms with Gasteiger partial charge in [0.05, 0.1) is 13.2 Å². The van der Waals surface area contributed by atoms with E-state index in [-0.39, 0.29) is 6.61 Å². The molecule has 1 aliphatic heterocycles. The molecule has 1 aliphatic rings. The molecule has 2 rings (SSSR count). The average Bonchev–Trinajstić information content (AvgIpc) is 2.52. The second kappa shape index (κ2) is 7.65. The Morgan fingerprint density at radius 1 is 1.05 bits per heavy atom. The van der Waals surface area contributed by atoms with Crippen molar-refractivity contribution >= 4 is 6.08 Å². The molecule has 0 bridgehead atoms. The molecule has 21 heavy (non-hydrogen) atoms. The molecular weight excluding hydrogens is 276 g/mol. The number of rotatable bonds is 5. The van der Waals surface area contributed by atoms with Crippen LogP contribution in [0.3, 0.4) is 0 Å². The fourth-order valence-corrected chi connectivity index (χ4v) is 2.10. The van der Waals surface area contributed by atoms with Crippen molar-refractivity contribution in [1.29, 1.82) is 0 Å². The Morgan fingerprint density at radius 3 is 2.43 bits per heavy atom. The Labute approximate surface area is 122 Å². The molecule has 0 unspecified atom stereocenters. The summed E-state index contributed by atoms with van der Waals surface area (Å²) in [5.41, 5.74) is 1.01. The lowest BCUT2D eigenvalue weighted by Crippen LogP contribution is -2.59. The Morgan fingerprint density at radius 2 is 1.76 bits per heavy atom. The van der Waals surface area contributed by atoms with Gasteiger partial charge in [0.1, 0.15) is 24.4 Å². The van der Waals surface area contributed by atoms with Gasteiger partial charge in [-0.1, -0.05) is 42.5 Å². The molecule has 6 heteroatoms. The van der Waals surface area contributed by atoms with Gasteiger partial charge >= 0.3 is 0 Å². The fraction of sp³-hybridized carbons (Fsp3) is 0.467. The highest BCUT2D eigenvalue weighted by atomic mass is 16.7. The second-order valence-corrected chi connectivity index (χ2v) is 4.84. The lowest BCUT2D eigenvalue weighted by molar-refractivity contribution is -0.298. The SMILES string of the molecule is OC[C@H]1O[C@@H](OCC=Cc2ccccc2)[C@H](O)[C@@H](O)[C@@H]1O. The summed E-state index contributed by atoms with van der Waals surface area (Å²) in [6.07, 6.45) is -2.61. The second-order valence-electron chi connectivity index (χ2n) is 4.84. The summed E-state index contributed by atoms with van der Waals surface area (Å²) in [7, 11) is 0. The van der Waals surface area contributed by atoms with E-state index in [0.717, 1.165) is 5.56 Å². The molecule has 1 heterocycles. The predicted octanol–water partition coefficient (Wildman–Crippen LogP) is -0.484. The van der Waals surface area contributed by atoms with Crippen LogP contribution < -0.4 is 0 Å². The van der Waals surface area contributed by atoms with Gasteiger partial charge in [-0.15, -0.1) is 0 Å². The van der Waals surface area contributed by atoms with Gasteiger partial charge in [-0.25, -0.2) is 0 Å². The lowest BCUT2D eigenvalue weighted by atomic mass is 9.99. The summed E-state index contributed by atoms with van der Waals surface area (Å²) in [5, 5.41) is 38.1. The van der Waals surface area contributed by atoms with Crippen LogP contribution in [0.1, 0.15) is 5.56 Å². The van der Waals surface area contributed by atoms with Crippen molar-refractivity contribution < 1.29 is 29.9 Å². The van der Waals surface area contributed by atoms with Gasteiger partial charge in [0.15, 0.2) is 6.29 Å². The maximum absolute atomic E-state index is 9.77. The van der Waals surface area contributed by atoms with Crippen LogP contribution in [0.15, 0.2) is 36.4 Å². The van der Waals surface area contributed by atoms with Crippen molar-refractivity contribution in [3.05, 3.63) is 42.0 Å². The standard InChI is InChI=1S/C15H20O6/c16-9-11-12(17)13(18)14(19)15(21-11)20-8-4-7-10-5-2-1-3-6-10/h1-7,11-19H,8-9H2/t11-,12-,13+,14-,15-/m1/s1. The van der Waals surface area contributed by atoms with E-state index in [1.807, 2.05) is 36.4 Å². The van der Waals surface area contributed by atoms with E-state index in [4.69, 9.17) is 14.6 Å². The van der Waals surface area contributed by atoms with E-state index < -0.39 is 37.3 Å². The summed E-state index contributed by atoms with van der Waals surface area (Å²) in [6.45, 7) is -0.303. The quantitative estimate of drug-likeness (QED) is 0.585. The largest absolute Gasteiger partial charge is 0.394 e. The van der Waals surface area contributed by atoms with Gasteiger partial charge in [-0.05, 0) is 5.56 Å². The van der Waals surface area contributed by atoms with Crippen LogP contribution in [0.4, 0.5) is 0 Å². The third-order valence-electron chi connectivity index (χ3n) is 3.32. The van der Waals surface area contributed by atoms with E-state index in [9.17, 15) is 15.3 Å². The Balaban J connectivity index is 1.86. The average molecular weight is 296 g/mol. The highest BCUT2D eigenvalue weighted by molar-refractivity contribution is 5.48. The van der Waals surface area contributed by atoms with Crippen molar-refractivity contribution in [3.63, 3.8) is 0 Å². The number of hydrogen-bond acceptors (Lipinski definition) is 6. The first-order valence-corrected chi connectivity index (χ1v) is 6.77. The van der Waals surface area contributed by atoms with Crippen LogP contribution in [-0.2, 0) is 9.47 Å². The number of benzene rings is 1. The third kappa shape index (κ3) is 4.10. The molecule has 0 amide bonds. The maximum atomic E-state index is 9.77. The van der Waals surface area contributed by atoms with Gasteiger partial charge in [0.2, 0.25) is 0 Å². The molecule has 4 N–H and O–H groups in total. The zero-order valence-corrected chi connectivity index (χ0v) is 11.4. The molecule has 1 aromatic rings. The molecular formula is C15H20O6. The molecule has 0 radical (unpaired) electrons. The van der Waals surface area contributed by atoms with Crippen molar-refractivity contribution in [3.8, 4) is 0 Å². The van der Waals surface area contributed by atoms with Crippen LogP contribution in [0.25, 0.3) is 6.08 Å². The summed E-state index contributed by atoms with van der Waals surface area (Å²) in [5.74, 6) is 0. The van der Waals surface area contributed by atoms with E-state index in [0.29, 0.717) is 0 Å². The van der Waals surface area contributed by atoms with Gasteiger partial charge in [-0.2, -0.15) is 0 Å². The Hall–Kier alpha value is -1.28. The predicted molar refractivity (Wildman–Crippen MR) is 75.2 cm³/mol. The van der Waals surface area contributed by atoms with Crippen LogP contribution >= 0.6 is 0 Å². The van der Waals surface area contributed by atoms with E-state index in [2.05, 4.69) is 0 Å². The van der Waals surface area contributed by atoms with E-state index >= 15 is 0 Å². The molecule has 0 aromatic heterocycles. The molecule has 1 fully saturated rings. The van der Waals surface area contributed by atoms with Crippen LogP contribution in [-0.4, -0.2) is 64.3 Å². The first kappa shape index (κ1) is 16.1. The minimum Gasteiger partial charge on any atom is -0.394 e. The van der Waals surface area contributed by atoms with Crippen LogP contribution in [0.5, 0.6) is 0 Å². The molecule has 1 aromatic carbocycles. The first-order chi connectivity index (χ1) is 10.1. The zero-order chi connectivity index (χ0) is 15.2. The van der Waals surface area contributed by atoms with Crippen molar-refractivity contribution in [1.82, 2.24) is 0 Å². The normalized spacial score (nSPS) is 33.4. The van der Waals surface area contributed by atoms with Crippen LogP contribution in [0.2, 0.25) is 0 Å². The molecule has 5 atom stereocenters. The van der Waals surface area contributed by atoms with Crippen molar-refractivity contribution in [2.24, 2.45) is 0 Å². The summed E-state index contributed by atoms with van der Waals surface area (Å²) in [4.78, 5) is 0. The Bertz CT molecular complexity index is 447. The van der Waals surface area contributed by atoms with Crippen molar-refractivity contribution in [2.75, 3.05) is 13.2 Å². The van der Waals surface area contributed by atoms with E-state index in [1.54, 1.807) is 6.08 Å². The van der Waals surface area contributed by atoms with Gasteiger partial charge in [-0.3, -0.25) is 0 Å². The molecule has 116 valence electrons. The number of ether oxygens (including phenoxy) is 2. The monoisotopic (exact) mass is 296 g/mol. The third-order valence-corrected chi connectivity index (χ3v) is 3.32. The summed E-state index contributed by atoms with van der Waals surface area (Å²) >= 11 is 0. The van der Waals surface area contributed by atoms with Crippen molar-refractivity contribution in [2.45, 2.75) is 30.7 Å². The summed E-state index contributed by atoms with van der Waals surface area (Å²) < 4.78 is 10.5. The minimum absolute atomic E-state index is 0.164. The van der Waals surface area contributed by atoms with E-state index in [1.165, 1.54) is 0 Å². The highest BCUT2D eigenvalue weighted by Gasteiger charge is 2.43. The highest BCUT2D eigenvalue weighted by Crippen LogP contribution is 2.21. The molecule has 6 nitrogen and oxygen atoms in total. The molecule has 1 saturated heterocycles. The fourth-order valence-electron chi connectivity index (χ4n) is 2.10. The lowest BCUT2D eigenvalue weighted by Gasteiger charge is -2.39. The van der Waals surface area contributed by atoms with Gasteiger partial charge in [0.25, 0.3) is 0 Å². The number of hydrogen-bond donors (Lipinski definition) is 4. The van der Waals surface area contributed by atoms with Crippen LogP contribution in [0, 0.1) is 0 Å². The smallest absolute Gasteiger partial charge is 0.187 e. The topological polar surface area (TPSA) is 99.4 Å². The zero-order valence-electron chi connectivity index (χ0n) is 11.4. The minimum atomic E-state index is -1.42. The molecule has 0 saturated carbocycles. The van der Waals surface area contributed by atoms with Gasteiger partial charge < -0.3 is 29.9 Å². The van der Waals surface area contributed by atoms with Gasteiger partial charge in [0, 0.05) is 0 Å². The molecule has 0 aliphatic carbocycles. The number of aliphatic hydroxyl groups is 4.